The van der Waals surface area contributed by atoms with Crippen molar-refractivity contribution in [1.82, 2.24) is 10.2 Å². The van der Waals surface area contributed by atoms with Gasteiger partial charge in [0.2, 0.25) is 6.41 Å². The first-order valence-electron chi connectivity index (χ1n) is 6.69. The maximum Gasteiger partial charge on any atom is 0.210 e. The molecule has 4 nitrogen and oxygen atoms in total. The zero-order valence-electron chi connectivity index (χ0n) is 11.7. The molecule has 0 atom stereocenters. The van der Waals surface area contributed by atoms with Crippen LogP contribution < -0.4 is 5.32 Å². The van der Waals surface area contributed by atoms with E-state index in [1.807, 2.05) is 0 Å². The lowest BCUT2D eigenvalue weighted by Gasteiger charge is -2.12. The fraction of sp³-hybridized carbons (Fsp3) is 0.786. The number of amides is 1. The average molecular weight is 254 g/mol. The van der Waals surface area contributed by atoms with Crippen LogP contribution in [0, 0.1) is 11.8 Å². The van der Waals surface area contributed by atoms with Gasteiger partial charge in [0.1, 0.15) is 0 Å². The highest BCUT2D eigenvalue weighted by molar-refractivity contribution is 5.47. The number of hydrogen-bond acceptors (Lipinski definition) is 3. The summed E-state index contributed by atoms with van der Waals surface area (Å²) >= 11 is 0. The third kappa shape index (κ3) is 11.4. The Morgan fingerprint density at radius 1 is 1.28 bits per heavy atom. The minimum absolute atomic E-state index is 0.504. The Balaban J connectivity index is 3.50. The van der Waals surface area contributed by atoms with Gasteiger partial charge in [0.25, 0.3) is 0 Å². The Kier molecular flexibility index (Phi) is 13.2. The largest absolute Gasteiger partial charge is 0.385 e. The van der Waals surface area contributed by atoms with Crippen LogP contribution in [0.25, 0.3) is 0 Å². The van der Waals surface area contributed by atoms with Crippen LogP contribution in [0.15, 0.2) is 0 Å². The molecule has 0 aromatic carbocycles. The fourth-order valence-corrected chi connectivity index (χ4v) is 1.45. The van der Waals surface area contributed by atoms with Gasteiger partial charge in [-0.15, -0.1) is 0 Å². The number of carbonyl (C=O) groups excluding carboxylic acids is 1. The summed E-state index contributed by atoms with van der Waals surface area (Å²) in [5.74, 6) is 6.02. The van der Waals surface area contributed by atoms with Gasteiger partial charge in [0, 0.05) is 20.3 Å². The number of nitrogens with zero attached hydrogens (tertiary/aromatic N) is 1. The van der Waals surface area contributed by atoms with E-state index in [0.717, 1.165) is 19.4 Å². The molecule has 0 aliphatic carbocycles. The predicted molar refractivity (Wildman–Crippen MR) is 74.3 cm³/mol. The summed E-state index contributed by atoms with van der Waals surface area (Å²) in [7, 11) is 1.66. The van der Waals surface area contributed by atoms with Crippen molar-refractivity contribution in [2.24, 2.45) is 0 Å². The van der Waals surface area contributed by atoms with E-state index in [2.05, 4.69) is 24.1 Å². The summed E-state index contributed by atoms with van der Waals surface area (Å²) in [5.41, 5.74) is 0. The second-order valence-corrected chi connectivity index (χ2v) is 4.16. The molecule has 0 aliphatic rings. The van der Waals surface area contributed by atoms with E-state index < -0.39 is 0 Å². The van der Waals surface area contributed by atoms with Gasteiger partial charge in [-0.3, -0.25) is 4.79 Å². The first kappa shape index (κ1) is 16.9. The summed E-state index contributed by atoms with van der Waals surface area (Å²) in [6.45, 7) is 5.80. The quantitative estimate of drug-likeness (QED) is 0.343. The van der Waals surface area contributed by atoms with Crippen LogP contribution in [-0.4, -0.2) is 51.2 Å². The molecule has 0 spiro atoms. The normalized spacial score (nSPS) is 9.67. The van der Waals surface area contributed by atoms with Crippen LogP contribution in [-0.2, 0) is 9.53 Å². The first-order valence-corrected chi connectivity index (χ1v) is 6.69. The number of unbranched alkanes of at least 4 members (excludes halogenated alkanes) is 2. The monoisotopic (exact) mass is 254 g/mol. The molecule has 0 rings (SSSR count). The zero-order valence-corrected chi connectivity index (χ0v) is 11.7. The van der Waals surface area contributed by atoms with Gasteiger partial charge in [-0.2, -0.15) is 0 Å². The molecule has 18 heavy (non-hydrogen) atoms. The molecular weight excluding hydrogens is 228 g/mol. The fourth-order valence-electron chi connectivity index (χ4n) is 1.45. The molecule has 104 valence electrons. The molecule has 0 heterocycles. The Labute approximate surface area is 111 Å². The standard InChI is InChI=1S/C14H26N2O2/c1-3-4-5-9-15-10-6-7-11-16(14-17)12-8-13-18-2/h14-15H,3-5,8-13H2,1-2H3. The van der Waals surface area contributed by atoms with Crippen LogP contribution in [0.2, 0.25) is 0 Å². The lowest BCUT2D eigenvalue weighted by Crippen LogP contribution is -2.24. The highest BCUT2D eigenvalue weighted by Gasteiger charge is 1.97. The van der Waals surface area contributed by atoms with Gasteiger partial charge in [0.15, 0.2) is 0 Å². The van der Waals surface area contributed by atoms with E-state index in [4.69, 9.17) is 4.74 Å². The molecule has 0 aromatic heterocycles. The highest BCUT2D eigenvalue weighted by atomic mass is 16.5. The minimum atomic E-state index is 0.504. The maximum atomic E-state index is 10.7. The second-order valence-electron chi connectivity index (χ2n) is 4.16. The summed E-state index contributed by atoms with van der Waals surface area (Å²) in [6.07, 6.45) is 5.41. The Hall–Kier alpha value is -1.05. The van der Waals surface area contributed by atoms with Crippen molar-refractivity contribution >= 4 is 6.41 Å². The topological polar surface area (TPSA) is 41.6 Å². The SMILES string of the molecule is CCCCCNCC#CCN(C=O)CCCOC. The maximum absolute atomic E-state index is 10.7. The van der Waals surface area contributed by atoms with Crippen molar-refractivity contribution in [3.63, 3.8) is 0 Å². The predicted octanol–water partition coefficient (Wildman–Crippen LogP) is 1.26. The summed E-state index contributed by atoms with van der Waals surface area (Å²) in [5, 5.41) is 3.26. The molecule has 0 aliphatic heterocycles. The van der Waals surface area contributed by atoms with E-state index >= 15 is 0 Å². The van der Waals surface area contributed by atoms with E-state index in [-0.39, 0.29) is 0 Å². The lowest BCUT2D eigenvalue weighted by atomic mass is 10.2. The third-order valence-electron chi connectivity index (χ3n) is 2.52. The Morgan fingerprint density at radius 3 is 2.78 bits per heavy atom. The molecule has 4 heteroatoms. The molecule has 0 saturated carbocycles. The van der Waals surface area contributed by atoms with E-state index in [9.17, 15) is 4.79 Å². The van der Waals surface area contributed by atoms with Crippen molar-refractivity contribution in [2.75, 3.05) is 39.9 Å². The number of ether oxygens (including phenoxy) is 1. The molecule has 0 fully saturated rings. The van der Waals surface area contributed by atoms with Crippen LogP contribution in [0.5, 0.6) is 0 Å². The Morgan fingerprint density at radius 2 is 2.11 bits per heavy atom. The first-order chi connectivity index (χ1) is 8.85. The molecule has 0 radical (unpaired) electrons. The molecule has 0 bridgehead atoms. The van der Waals surface area contributed by atoms with Crippen molar-refractivity contribution < 1.29 is 9.53 Å². The van der Waals surface area contributed by atoms with Crippen molar-refractivity contribution in [1.29, 1.82) is 0 Å². The van der Waals surface area contributed by atoms with Gasteiger partial charge < -0.3 is 15.0 Å². The molecule has 1 amide bonds. The number of hydrogen-bond donors (Lipinski definition) is 1. The van der Waals surface area contributed by atoms with E-state index in [1.165, 1.54) is 19.3 Å². The average Bonchev–Trinajstić information content (AvgIpc) is 2.40. The zero-order chi connectivity index (χ0) is 13.5. The number of methoxy groups -OCH3 is 1. The number of rotatable bonds is 11. The Bertz CT molecular complexity index is 246. The number of carbonyl (C=O) groups is 1. The van der Waals surface area contributed by atoms with Crippen LogP contribution >= 0.6 is 0 Å². The van der Waals surface area contributed by atoms with Crippen LogP contribution in [0.4, 0.5) is 0 Å². The smallest absolute Gasteiger partial charge is 0.210 e. The summed E-state index contributed by atoms with van der Waals surface area (Å²) in [6, 6.07) is 0. The summed E-state index contributed by atoms with van der Waals surface area (Å²) < 4.78 is 4.94. The van der Waals surface area contributed by atoms with Gasteiger partial charge in [0.05, 0.1) is 13.1 Å². The third-order valence-corrected chi connectivity index (χ3v) is 2.52. The second kappa shape index (κ2) is 14.0. The molecule has 0 unspecified atom stereocenters. The van der Waals surface area contributed by atoms with E-state index in [1.54, 1.807) is 12.0 Å². The minimum Gasteiger partial charge on any atom is -0.385 e. The van der Waals surface area contributed by atoms with Crippen LogP contribution in [0.1, 0.15) is 32.6 Å². The van der Waals surface area contributed by atoms with E-state index in [0.29, 0.717) is 26.2 Å². The molecule has 0 saturated heterocycles. The van der Waals surface area contributed by atoms with Crippen LogP contribution in [0.3, 0.4) is 0 Å². The van der Waals surface area contributed by atoms with Crippen molar-refractivity contribution in [3.8, 4) is 11.8 Å². The van der Waals surface area contributed by atoms with Gasteiger partial charge in [-0.05, 0) is 19.4 Å². The number of nitrogens with one attached hydrogen (secondary N) is 1. The molecule has 1 N–H and O–H groups in total. The summed E-state index contributed by atoms with van der Waals surface area (Å²) in [4.78, 5) is 12.4. The molecular formula is C14H26N2O2. The highest BCUT2D eigenvalue weighted by Crippen LogP contribution is 1.90. The molecule has 0 aromatic rings. The van der Waals surface area contributed by atoms with Crippen molar-refractivity contribution in [2.45, 2.75) is 32.6 Å². The van der Waals surface area contributed by atoms with Gasteiger partial charge in [-0.1, -0.05) is 31.6 Å². The van der Waals surface area contributed by atoms with Crippen molar-refractivity contribution in [3.05, 3.63) is 0 Å². The van der Waals surface area contributed by atoms with Gasteiger partial charge >= 0.3 is 0 Å². The van der Waals surface area contributed by atoms with Gasteiger partial charge in [-0.25, -0.2) is 0 Å². The lowest BCUT2D eigenvalue weighted by molar-refractivity contribution is -0.117.